The van der Waals surface area contributed by atoms with Crippen molar-refractivity contribution in [2.24, 2.45) is 0 Å². The molecule has 130 valence electrons. The lowest BCUT2D eigenvalue weighted by Crippen LogP contribution is -2.47. The number of carbonyl (C=O) groups is 1. The predicted octanol–water partition coefficient (Wildman–Crippen LogP) is 2.33. The largest absolute Gasteiger partial charge is 0.375 e. The van der Waals surface area contributed by atoms with Crippen molar-refractivity contribution in [2.75, 3.05) is 19.7 Å². The molecule has 24 heavy (non-hydrogen) atoms. The van der Waals surface area contributed by atoms with E-state index in [4.69, 9.17) is 16.3 Å². The number of rotatable bonds is 5. The first-order valence-corrected chi connectivity index (χ1v) is 8.65. The van der Waals surface area contributed by atoms with Gasteiger partial charge in [-0.05, 0) is 32.0 Å². The fourth-order valence-corrected chi connectivity index (χ4v) is 3.09. The fraction of sp³-hybridized carbons (Fsp3) is 0.529. The lowest BCUT2D eigenvalue weighted by Gasteiger charge is -2.35. The summed E-state index contributed by atoms with van der Waals surface area (Å²) in [6, 6.07) is 5.96. The molecular weight excluding hydrogens is 328 g/mol. The molecule has 2 aromatic rings. The van der Waals surface area contributed by atoms with Crippen LogP contribution in [0.2, 0.25) is 5.02 Å². The molecule has 2 heterocycles. The van der Waals surface area contributed by atoms with E-state index in [1.165, 1.54) is 0 Å². The molecule has 1 amide bonds. The number of H-pyrrole nitrogens is 1. The number of morpholine rings is 1. The van der Waals surface area contributed by atoms with Crippen LogP contribution in [0.4, 0.5) is 0 Å². The number of hydrogen-bond acceptors (Lipinski definition) is 4. The number of hydrogen-bond donors (Lipinski definition) is 2. The average molecular weight is 351 g/mol. The minimum Gasteiger partial charge on any atom is -0.375 e. The van der Waals surface area contributed by atoms with E-state index in [1.54, 1.807) is 6.07 Å². The molecule has 1 unspecified atom stereocenters. The van der Waals surface area contributed by atoms with E-state index < -0.39 is 0 Å². The Labute approximate surface area is 146 Å². The summed E-state index contributed by atoms with van der Waals surface area (Å²) >= 11 is 5.96. The molecule has 0 aliphatic carbocycles. The Morgan fingerprint density at radius 2 is 2.38 bits per heavy atom. The zero-order chi connectivity index (χ0) is 17.1. The van der Waals surface area contributed by atoms with Crippen molar-refractivity contribution in [3.05, 3.63) is 29.0 Å². The molecule has 0 radical (unpaired) electrons. The highest BCUT2D eigenvalue weighted by Gasteiger charge is 2.24. The van der Waals surface area contributed by atoms with Crippen LogP contribution in [0.5, 0.6) is 0 Å². The Morgan fingerprint density at radius 3 is 3.17 bits per heavy atom. The number of benzene rings is 1. The lowest BCUT2D eigenvalue weighted by atomic mass is 10.1. The highest BCUT2D eigenvalue weighted by molar-refractivity contribution is 6.31. The number of ether oxygens (including phenoxy) is 1. The first-order valence-electron chi connectivity index (χ1n) is 8.28. The van der Waals surface area contributed by atoms with Crippen LogP contribution in [0.15, 0.2) is 18.2 Å². The summed E-state index contributed by atoms with van der Waals surface area (Å²) in [5.74, 6) is 0.693. The molecular formula is C17H23ClN4O2. The second kappa shape index (κ2) is 7.51. The average Bonchev–Trinajstić information content (AvgIpc) is 2.95. The molecule has 0 spiro atoms. The number of nitrogens with zero attached hydrogens (tertiary/aromatic N) is 2. The molecule has 6 nitrogen and oxygen atoms in total. The molecule has 2 N–H and O–H groups in total. The first-order chi connectivity index (χ1) is 11.5. The smallest absolute Gasteiger partial charge is 0.223 e. The number of halogens is 1. The minimum atomic E-state index is -0.0457. The maximum atomic E-state index is 12.2. The number of nitrogens with one attached hydrogen (secondary N) is 2. The van der Waals surface area contributed by atoms with Gasteiger partial charge in [0.1, 0.15) is 5.82 Å². The van der Waals surface area contributed by atoms with E-state index in [2.05, 4.69) is 34.0 Å². The van der Waals surface area contributed by atoms with Crippen LogP contribution in [0.1, 0.15) is 26.1 Å². The van der Waals surface area contributed by atoms with E-state index >= 15 is 0 Å². The van der Waals surface area contributed by atoms with Crippen LogP contribution < -0.4 is 5.32 Å². The molecule has 1 aliphatic rings. The van der Waals surface area contributed by atoms with E-state index in [-0.39, 0.29) is 12.0 Å². The fourth-order valence-electron chi connectivity index (χ4n) is 2.91. The molecule has 3 rings (SSSR count). The second-order valence-corrected chi connectivity index (χ2v) is 6.84. The molecule has 7 heteroatoms. The number of imidazole rings is 1. The zero-order valence-corrected chi connectivity index (χ0v) is 14.8. The van der Waals surface area contributed by atoms with Gasteiger partial charge in [0.05, 0.1) is 36.7 Å². The quantitative estimate of drug-likeness (QED) is 0.868. The van der Waals surface area contributed by atoms with Gasteiger partial charge >= 0.3 is 0 Å². The Balaban J connectivity index is 1.51. The summed E-state index contributed by atoms with van der Waals surface area (Å²) in [6.45, 7) is 7.10. The predicted molar refractivity (Wildman–Crippen MR) is 94.0 cm³/mol. The monoisotopic (exact) mass is 350 g/mol. The van der Waals surface area contributed by atoms with Crippen LogP contribution in [-0.4, -0.2) is 52.6 Å². The molecule has 1 fully saturated rings. The van der Waals surface area contributed by atoms with Gasteiger partial charge in [-0.25, -0.2) is 4.98 Å². The molecule has 1 saturated heterocycles. The van der Waals surface area contributed by atoms with Crippen LogP contribution in [-0.2, 0) is 16.1 Å². The van der Waals surface area contributed by atoms with Gasteiger partial charge in [-0.2, -0.15) is 0 Å². The summed E-state index contributed by atoms with van der Waals surface area (Å²) in [5, 5.41) is 3.56. The van der Waals surface area contributed by atoms with Gasteiger partial charge in [-0.3, -0.25) is 9.69 Å². The summed E-state index contributed by atoms with van der Waals surface area (Å²) in [4.78, 5) is 22.1. The van der Waals surface area contributed by atoms with Crippen molar-refractivity contribution in [3.63, 3.8) is 0 Å². The maximum absolute atomic E-state index is 12.2. The van der Waals surface area contributed by atoms with Crippen molar-refractivity contribution in [1.29, 1.82) is 0 Å². The van der Waals surface area contributed by atoms with Gasteiger partial charge in [0, 0.05) is 24.2 Å². The number of amides is 1. The third-order valence-electron chi connectivity index (χ3n) is 4.26. The van der Waals surface area contributed by atoms with Crippen molar-refractivity contribution in [1.82, 2.24) is 20.2 Å². The Kier molecular flexibility index (Phi) is 5.38. The zero-order valence-electron chi connectivity index (χ0n) is 14.0. The molecule has 1 aliphatic heterocycles. The number of carbonyl (C=O) groups excluding carboxylic acids is 1. The Hall–Kier alpha value is -1.63. The summed E-state index contributed by atoms with van der Waals surface area (Å²) in [5.41, 5.74) is 1.71. The summed E-state index contributed by atoms with van der Waals surface area (Å²) in [6.07, 6.45) is 0.325. The van der Waals surface area contributed by atoms with Crippen molar-refractivity contribution in [2.45, 2.75) is 39.0 Å². The van der Waals surface area contributed by atoms with E-state index in [0.717, 1.165) is 24.1 Å². The maximum Gasteiger partial charge on any atom is 0.223 e. The summed E-state index contributed by atoms with van der Waals surface area (Å²) in [7, 11) is 0. The van der Waals surface area contributed by atoms with Gasteiger partial charge in [-0.1, -0.05) is 11.6 Å². The molecule has 0 bridgehead atoms. The van der Waals surface area contributed by atoms with Gasteiger partial charge in [0.2, 0.25) is 5.91 Å². The molecule has 1 aromatic carbocycles. The van der Waals surface area contributed by atoms with Crippen LogP contribution in [0.25, 0.3) is 11.0 Å². The highest BCUT2D eigenvalue weighted by atomic mass is 35.5. The van der Waals surface area contributed by atoms with Crippen LogP contribution in [0, 0.1) is 0 Å². The van der Waals surface area contributed by atoms with Crippen molar-refractivity contribution >= 4 is 28.5 Å². The molecule has 1 atom stereocenters. The topological polar surface area (TPSA) is 70.2 Å². The standard InChI is InChI=1S/C17H23ClN4O2/c1-11(2)22-5-6-24-13(10-22)8-17(23)19-9-16-20-14-4-3-12(18)7-15(14)21-16/h3-4,7,11,13H,5-6,8-10H2,1-2H3,(H,19,23)(H,20,21). The van der Waals surface area contributed by atoms with E-state index in [9.17, 15) is 4.79 Å². The SMILES string of the molecule is CC(C)N1CCOC(CC(=O)NCc2nc3ccc(Cl)cc3[nH]2)C1. The Morgan fingerprint density at radius 1 is 1.54 bits per heavy atom. The van der Waals surface area contributed by atoms with Gasteiger partial charge in [-0.15, -0.1) is 0 Å². The van der Waals surface area contributed by atoms with Crippen LogP contribution >= 0.6 is 11.6 Å². The van der Waals surface area contributed by atoms with E-state index in [1.807, 2.05) is 12.1 Å². The molecule has 0 saturated carbocycles. The van der Waals surface area contributed by atoms with E-state index in [0.29, 0.717) is 36.5 Å². The van der Waals surface area contributed by atoms with Crippen molar-refractivity contribution < 1.29 is 9.53 Å². The first kappa shape index (κ1) is 17.2. The lowest BCUT2D eigenvalue weighted by molar-refractivity contribution is -0.126. The van der Waals surface area contributed by atoms with Gasteiger partial charge in [0.25, 0.3) is 0 Å². The Bertz CT molecular complexity index is 716. The second-order valence-electron chi connectivity index (χ2n) is 6.41. The highest BCUT2D eigenvalue weighted by Crippen LogP contribution is 2.17. The summed E-state index contributed by atoms with van der Waals surface area (Å²) < 4.78 is 5.70. The number of aromatic nitrogens is 2. The third kappa shape index (κ3) is 4.26. The van der Waals surface area contributed by atoms with Gasteiger partial charge in [0.15, 0.2) is 0 Å². The van der Waals surface area contributed by atoms with Crippen LogP contribution in [0.3, 0.4) is 0 Å². The van der Waals surface area contributed by atoms with Crippen molar-refractivity contribution in [3.8, 4) is 0 Å². The number of fused-ring (bicyclic) bond motifs is 1. The minimum absolute atomic E-state index is 0.0240. The number of aromatic amines is 1. The molecule has 1 aromatic heterocycles. The normalized spacial score (nSPS) is 19.1. The van der Waals surface area contributed by atoms with Gasteiger partial charge < -0.3 is 15.0 Å². The third-order valence-corrected chi connectivity index (χ3v) is 4.49.